The number of anilines is 2. The molecule has 2 heterocycles. The molecule has 206 valence electrons. The number of halogens is 4. The van der Waals surface area contributed by atoms with E-state index in [0.717, 1.165) is 17.7 Å². The van der Waals surface area contributed by atoms with Gasteiger partial charge in [0.15, 0.2) is 0 Å². The summed E-state index contributed by atoms with van der Waals surface area (Å²) in [5.74, 6) is -1.92. The summed E-state index contributed by atoms with van der Waals surface area (Å²) in [5, 5.41) is 3.09. The summed E-state index contributed by atoms with van der Waals surface area (Å²) < 4.78 is 65.7. The van der Waals surface area contributed by atoms with E-state index in [1.807, 2.05) is 0 Å². The number of hydrogen-bond acceptors (Lipinski definition) is 6. The first-order chi connectivity index (χ1) is 19.1. The average molecular weight is 553 g/mol. The number of hydrogen-bond donors (Lipinski definition) is 1. The summed E-state index contributed by atoms with van der Waals surface area (Å²) in [6, 6.07) is 14.1. The zero-order valence-electron chi connectivity index (χ0n) is 21.7. The molecule has 0 aliphatic rings. The van der Waals surface area contributed by atoms with E-state index in [9.17, 15) is 22.4 Å². The third kappa shape index (κ3) is 6.67. The highest BCUT2D eigenvalue weighted by Gasteiger charge is 2.35. The Bertz CT molecular complexity index is 1570. The molecule has 0 saturated carbocycles. The van der Waals surface area contributed by atoms with Gasteiger partial charge in [0.25, 0.3) is 5.91 Å². The van der Waals surface area contributed by atoms with Crippen molar-refractivity contribution in [2.24, 2.45) is 4.99 Å². The molecule has 2 aromatic carbocycles. The van der Waals surface area contributed by atoms with Crippen LogP contribution in [0.4, 0.5) is 28.9 Å². The average Bonchev–Trinajstić information content (AvgIpc) is 2.90. The van der Waals surface area contributed by atoms with Crippen molar-refractivity contribution in [3.05, 3.63) is 95.6 Å². The van der Waals surface area contributed by atoms with E-state index in [-0.39, 0.29) is 29.2 Å². The SMILES string of the molecule is COC/C(C)=N\C(=O)c1cc(Oc2ncccc2C(F)(F)F)ccc1Nc1cccnc1-c1ccc(C)cc1F. The Hall–Kier alpha value is -4.64. The molecule has 4 aromatic rings. The van der Waals surface area contributed by atoms with Crippen molar-refractivity contribution in [3.63, 3.8) is 0 Å². The highest BCUT2D eigenvalue weighted by Crippen LogP contribution is 2.38. The van der Waals surface area contributed by atoms with Gasteiger partial charge in [0, 0.05) is 30.8 Å². The van der Waals surface area contributed by atoms with Gasteiger partial charge in [-0.05, 0) is 74.0 Å². The summed E-state index contributed by atoms with van der Waals surface area (Å²) in [4.78, 5) is 25.3. The molecule has 1 amide bonds. The fourth-order valence-corrected chi connectivity index (χ4v) is 3.83. The molecular weight excluding hydrogens is 528 g/mol. The zero-order chi connectivity index (χ0) is 28.9. The van der Waals surface area contributed by atoms with Crippen molar-refractivity contribution >= 4 is 23.0 Å². The third-order valence-corrected chi connectivity index (χ3v) is 5.61. The fraction of sp³-hybridized carbons (Fsp3) is 0.172. The van der Waals surface area contributed by atoms with Crippen LogP contribution in [0.2, 0.25) is 0 Å². The Morgan fingerprint density at radius 2 is 1.75 bits per heavy atom. The Kier molecular flexibility index (Phi) is 8.54. The van der Waals surface area contributed by atoms with Crippen molar-refractivity contribution in [2.75, 3.05) is 19.0 Å². The van der Waals surface area contributed by atoms with E-state index in [1.165, 1.54) is 43.8 Å². The maximum atomic E-state index is 14.8. The van der Waals surface area contributed by atoms with Gasteiger partial charge in [-0.25, -0.2) is 14.4 Å². The number of amides is 1. The number of rotatable bonds is 8. The van der Waals surface area contributed by atoms with Crippen LogP contribution in [0, 0.1) is 12.7 Å². The Morgan fingerprint density at radius 3 is 2.48 bits per heavy atom. The van der Waals surface area contributed by atoms with Crippen LogP contribution in [-0.4, -0.2) is 35.3 Å². The van der Waals surface area contributed by atoms with Crippen molar-refractivity contribution in [1.82, 2.24) is 9.97 Å². The van der Waals surface area contributed by atoms with Crippen LogP contribution >= 0.6 is 0 Å². The molecule has 40 heavy (non-hydrogen) atoms. The van der Waals surface area contributed by atoms with Gasteiger partial charge in [-0.1, -0.05) is 6.07 Å². The topological polar surface area (TPSA) is 85.7 Å². The Labute approximate surface area is 227 Å². The monoisotopic (exact) mass is 552 g/mol. The molecule has 1 N–H and O–H groups in total. The molecule has 11 heteroatoms. The van der Waals surface area contributed by atoms with Crippen molar-refractivity contribution in [3.8, 4) is 22.9 Å². The molecule has 0 spiro atoms. The van der Waals surface area contributed by atoms with Gasteiger partial charge in [0.05, 0.1) is 29.2 Å². The van der Waals surface area contributed by atoms with E-state index in [2.05, 4.69) is 20.3 Å². The number of aryl methyl sites for hydroxylation is 1. The summed E-state index contributed by atoms with van der Waals surface area (Å²) in [5.41, 5.74) is 1.18. The number of pyridine rings is 2. The van der Waals surface area contributed by atoms with Crippen LogP contribution in [0.1, 0.15) is 28.4 Å². The van der Waals surface area contributed by atoms with Crippen LogP contribution in [0.3, 0.4) is 0 Å². The second-order valence-corrected chi connectivity index (χ2v) is 8.76. The van der Waals surface area contributed by atoms with E-state index >= 15 is 0 Å². The normalized spacial score (nSPS) is 11.8. The molecule has 0 bridgehead atoms. The first kappa shape index (κ1) is 28.4. The zero-order valence-corrected chi connectivity index (χ0v) is 21.7. The minimum atomic E-state index is -4.70. The van der Waals surface area contributed by atoms with Gasteiger partial charge < -0.3 is 14.8 Å². The molecule has 4 rings (SSSR count). The van der Waals surface area contributed by atoms with E-state index in [4.69, 9.17) is 9.47 Å². The second-order valence-electron chi connectivity index (χ2n) is 8.76. The molecule has 0 atom stereocenters. The van der Waals surface area contributed by atoms with Crippen LogP contribution in [0.25, 0.3) is 11.3 Å². The number of nitrogens with one attached hydrogen (secondary N) is 1. The lowest BCUT2D eigenvalue weighted by Gasteiger charge is -2.16. The van der Waals surface area contributed by atoms with Gasteiger partial charge in [0.2, 0.25) is 5.88 Å². The van der Waals surface area contributed by atoms with E-state index in [1.54, 1.807) is 38.1 Å². The molecule has 0 radical (unpaired) electrons. The Morgan fingerprint density at radius 1 is 1.00 bits per heavy atom. The number of carbonyl (C=O) groups is 1. The van der Waals surface area contributed by atoms with E-state index < -0.39 is 29.3 Å². The minimum Gasteiger partial charge on any atom is -0.438 e. The summed E-state index contributed by atoms with van der Waals surface area (Å²) in [7, 11) is 1.45. The summed E-state index contributed by atoms with van der Waals surface area (Å²) in [6.45, 7) is 3.45. The predicted molar refractivity (Wildman–Crippen MR) is 143 cm³/mol. The highest BCUT2D eigenvalue weighted by molar-refractivity contribution is 6.07. The third-order valence-electron chi connectivity index (χ3n) is 5.61. The molecule has 0 aliphatic heterocycles. The maximum absolute atomic E-state index is 14.8. The molecule has 7 nitrogen and oxygen atoms in total. The standard InChI is InChI=1S/C29H24F4N4O3/c1-17-8-10-20(23(30)14-17)26-25(7-5-12-34-26)37-24-11-9-19(15-21(24)27(38)36-18(2)16-39-3)40-28-22(29(31,32)33)6-4-13-35-28/h4-15,37H,16H2,1-3H3/b36-18-. The Balaban J connectivity index is 1.77. The van der Waals surface area contributed by atoms with Crippen LogP contribution in [0.5, 0.6) is 11.6 Å². The molecule has 0 fully saturated rings. The lowest BCUT2D eigenvalue weighted by molar-refractivity contribution is -0.138. The largest absolute Gasteiger partial charge is 0.438 e. The number of aromatic nitrogens is 2. The number of alkyl halides is 3. The highest BCUT2D eigenvalue weighted by atomic mass is 19.4. The quantitative estimate of drug-likeness (QED) is 0.181. The minimum absolute atomic E-state index is 0.0170. The first-order valence-corrected chi connectivity index (χ1v) is 12.0. The number of carbonyl (C=O) groups excluding carboxylic acids is 1. The van der Waals surface area contributed by atoms with Crippen molar-refractivity contribution in [2.45, 2.75) is 20.0 Å². The molecule has 2 aromatic heterocycles. The van der Waals surface area contributed by atoms with Gasteiger partial charge in [-0.2, -0.15) is 13.2 Å². The molecule has 0 unspecified atom stereocenters. The summed E-state index contributed by atoms with van der Waals surface area (Å²) >= 11 is 0. The van der Waals surface area contributed by atoms with Gasteiger partial charge >= 0.3 is 6.18 Å². The van der Waals surface area contributed by atoms with Gasteiger partial charge in [-0.3, -0.25) is 9.78 Å². The number of ether oxygens (including phenoxy) is 2. The smallest absolute Gasteiger partial charge is 0.421 e. The number of nitrogens with zero attached hydrogens (tertiary/aromatic N) is 3. The predicted octanol–water partition coefficient (Wildman–Crippen LogP) is 7.39. The van der Waals surface area contributed by atoms with Gasteiger partial charge in [0.1, 0.15) is 17.1 Å². The maximum Gasteiger partial charge on any atom is 0.421 e. The number of aliphatic imine (C=N–C) groups is 1. The van der Waals surface area contributed by atoms with E-state index in [0.29, 0.717) is 17.1 Å². The number of benzene rings is 2. The molecule has 0 saturated heterocycles. The first-order valence-electron chi connectivity index (χ1n) is 12.0. The summed E-state index contributed by atoms with van der Waals surface area (Å²) in [6.07, 6.45) is -2.03. The van der Waals surface area contributed by atoms with Crippen LogP contribution in [-0.2, 0) is 10.9 Å². The molecule has 0 aliphatic carbocycles. The molecular formula is C29H24F4N4O3. The van der Waals surface area contributed by atoms with Crippen LogP contribution in [0.15, 0.2) is 78.0 Å². The van der Waals surface area contributed by atoms with Crippen LogP contribution < -0.4 is 10.1 Å². The fourth-order valence-electron chi connectivity index (χ4n) is 3.83. The lowest BCUT2D eigenvalue weighted by atomic mass is 10.1. The van der Waals surface area contributed by atoms with Gasteiger partial charge in [-0.15, -0.1) is 0 Å². The van der Waals surface area contributed by atoms with Crippen molar-refractivity contribution < 1.29 is 31.8 Å². The second kappa shape index (κ2) is 12.0. The van der Waals surface area contributed by atoms with Crippen molar-refractivity contribution in [1.29, 1.82) is 0 Å². The lowest BCUT2D eigenvalue weighted by Crippen LogP contribution is -2.10. The number of methoxy groups -OCH3 is 1.